The van der Waals surface area contributed by atoms with E-state index in [9.17, 15) is 19.5 Å². The summed E-state index contributed by atoms with van der Waals surface area (Å²) in [5, 5.41) is 11.9. The predicted octanol–water partition coefficient (Wildman–Crippen LogP) is 2.07. The van der Waals surface area contributed by atoms with Crippen molar-refractivity contribution in [1.82, 2.24) is 5.32 Å². The number of carbonyl (C=O) groups excluding carboxylic acids is 3. The van der Waals surface area contributed by atoms with Crippen LogP contribution in [-0.2, 0) is 9.59 Å². The van der Waals surface area contributed by atoms with Crippen molar-refractivity contribution in [2.45, 2.75) is 0 Å². The van der Waals surface area contributed by atoms with E-state index in [2.05, 4.69) is 5.32 Å². The van der Waals surface area contributed by atoms with Crippen LogP contribution in [0.3, 0.4) is 0 Å². The van der Waals surface area contributed by atoms with Gasteiger partial charge in [-0.1, -0.05) is 18.2 Å². The number of para-hydroxylation sites is 1. The van der Waals surface area contributed by atoms with Gasteiger partial charge in [0.15, 0.2) is 0 Å². The zero-order valence-corrected chi connectivity index (χ0v) is 13.2. The van der Waals surface area contributed by atoms with Crippen LogP contribution in [0.25, 0.3) is 6.08 Å². The number of ether oxygens (including phenoxy) is 1. The Morgan fingerprint density at radius 1 is 1.04 bits per heavy atom. The van der Waals surface area contributed by atoms with Crippen LogP contribution in [0.1, 0.15) is 5.56 Å². The van der Waals surface area contributed by atoms with Crippen molar-refractivity contribution in [3.63, 3.8) is 0 Å². The fraction of sp³-hybridized carbons (Fsp3) is 0.0556. The number of hydrogen-bond acceptors (Lipinski definition) is 5. The first kappa shape index (κ1) is 16.3. The number of rotatable bonds is 3. The number of anilines is 1. The standard InChI is InChI=1S/C18H14N2O5/c1-25-13-8-6-12(7-9-13)20-17(23)14(16(22)19-18(20)24)10-11-4-2-3-5-15(11)21/h2-10,21H,1H3,(H,19,22,24). The van der Waals surface area contributed by atoms with E-state index in [-0.39, 0.29) is 11.3 Å². The molecule has 7 nitrogen and oxygen atoms in total. The molecule has 1 aliphatic rings. The number of benzene rings is 2. The maximum Gasteiger partial charge on any atom is 0.335 e. The summed E-state index contributed by atoms with van der Waals surface area (Å²) in [5.74, 6) is -1.11. The average Bonchev–Trinajstić information content (AvgIpc) is 2.60. The second-order valence-corrected chi connectivity index (χ2v) is 5.21. The molecular weight excluding hydrogens is 324 g/mol. The minimum atomic E-state index is -0.838. The van der Waals surface area contributed by atoms with Crippen molar-refractivity contribution in [2.24, 2.45) is 0 Å². The number of methoxy groups -OCH3 is 1. The minimum Gasteiger partial charge on any atom is -0.507 e. The molecule has 0 bridgehead atoms. The molecule has 3 rings (SSSR count). The highest BCUT2D eigenvalue weighted by Gasteiger charge is 2.36. The van der Waals surface area contributed by atoms with E-state index in [1.165, 1.54) is 31.4 Å². The smallest absolute Gasteiger partial charge is 0.335 e. The largest absolute Gasteiger partial charge is 0.507 e. The number of phenolic OH excluding ortho intramolecular Hbond substituents is 1. The summed E-state index contributed by atoms with van der Waals surface area (Å²) in [6.07, 6.45) is 1.25. The molecule has 4 amide bonds. The first-order valence-electron chi connectivity index (χ1n) is 7.35. The van der Waals surface area contributed by atoms with Crippen molar-refractivity contribution < 1.29 is 24.2 Å². The Morgan fingerprint density at radius 2 is 1.72 bits per heavy atom. The van der Waals surface area contributed by atoms with E-state index in [4.69, 9.17) is 4.74 Å². The van der Waals surface area contributed by atoms with Crippen LogP contribution in [-0.4, -0.2) is 30.1 Å². The van der Waals surface area contributed by atoms with Gasteiger partial charge in [-0.05, 0) is 36.4 Å². The molecule has 0 unspecified atom stereocenters. The molecule has 0 radical (unpaired) electrons. The summed E-state index contributed by atoms with van der Waals surface area (Å²) in [6, 6.07) is 11.7. The number of amides is 4. The molecule has 0 spiro atoms. The lowest BCUT2D eigenvalue weighted by molar-refractivity contribution is -0.122. The Hall–Kier alpha value is -3.61. The molecule has 126 valence electrons. The molecule has 25 heavy (non-hydrogen) atoms. The SMILES string of the molecule is COc1ccc(N2C(=O)NC(=O)C(=Cc3ccccc3O)C2=O)cc1. The monoisotopic (exact) mass is 338 g/mol. The topological polar surface area (TPSA) is 95.9 Å². The lowest BCUT2D eigenvalue weighted by Gasteiger charge is -2.26. The summed E-state index contributed by atoms with van der Waals surface area (Å²) in [5.41, 5.74) is 0.334. The number of phenols is 1. The van der Waals surface area contributed by atoms with Gasteiger partial charge in [0.2, 0.25) is 0 Å². The number of imide groups is 2. The molecule has 0 saturated carbocycles. The second kappa shape index (κ2) is 6.48. The van der Waals surface area contributed by atoms with E-state index >= 15 is 0 Å². The average molecular weight is 338 g/mol. The van der Waals surface area contributed by atoms with Crippen molar-refractivity contribution in [3.8, 4) is 11.5 Å². The fourth-order valence-corrected chi connectivity index (χ4v) is 2.39. The summed E-state index contributed by atoms with van der Waals surface area (Å²) >= 11 is 0. The minimum absolute atomic E-state index is 0.0801. The normalized spacial score (nSPS) is 16.1. The fourth-order valence-electron chi connectivity index (χ4n) is 2.39. The van der Waals surface area contributed by atoms with Crippen LogP contribution in [0.4, 0.5) is 10.5 Å². The molecule has 2 aromatic rings. The Balaban J connectivity index is 2.01. The van der Waals surface area contributed by atoms with Gasteiger partial charge < -0.3 is 9.84 Å². The van der Waals surface area contributed by atoms with Gasteiger partial charge in [0.1, 0.15) is 17.1 Å². The lowest BCUT2D eigenvalue weighted by Crippen LogP contribution is -2.54. The highest BCUT2D eigenvalue weighted by atomic mass is 16.5. The third kappa shape index (κ3) is 3.07. The number of aromatic hydroxyl groups is 1. The summed E-state index contributed by atoms with van der Waals surface area (Å²) < 4.78 is 5.04. The van der Waals surface area contributed by atoms with Gasteiger partial charge >= 0.3 is 6.03 Å². The molecule has 2 aromatic carbocycles. The summed E-state index contributed by atoms with van der Waals surface area (Å²) in [7, 11) is 1.50. The van der Waals surface area contributed by atoms with Crippen molar-refractivity contribution in [2.75, 3.05) is 12.0 Å². The van der Waals surface area contributed by atoms with E-state index in [1.54, 1.807) is 30.3 Å². The van der Waals surface area contributed by atoms with Gasteiger partial charge in [-0.2, -0.15) is 0 Å². The number of nitrogens with zero attached hydrogens (tertiary/aromatic N) is 1. The number of hydrogen-bond donors (Lipinski definition) is 2. The number of carbonyl (C=O) groups is 3. The highest BCUT2D eigenvalue weighted by molar-refractivity contribution is 6.39. The Bertz CT molecular complexity index is 887. The van der Waals surface area contributed by atoms with E-state index in [0.717, 1.165) is 4.90 Å². The van der Waals surface area contributed by atoms with Crippen molar-refractivity contribution in [1.29, 1.82) is 0 Å². The van der Waals surface area contributed by atoms with Gasteiger partial charge in [0.25, 0.3) is 11.8 Å². The van der Waals surface area contributed by atoms with E-state index in [0.29, 0.717) is 17.0 Å². The molecule has 1 saturated heterocycles. The van der Waals surface area contributed by atoms with Gasteiger partial charge in [-0.25, -0.2) is 9.69 Å². The molecule has 0 atom stereocenters. The molecule has 7 heteroatoms. The molecule has 1 heterocycles. The van der Waals surface area contributed by atoms with Crippen LogP contribution < -0.4 is 15.0 Å². The molecular formula is C18H14N2O5. The second-order valence-electron chi connectivity index (χ2n) is 5.21. The third-order valence-electron chi connectivity index (χ3n) is 3.67. The van der Waals surface area contributed by atoms with Gasteiger partial charge in [-0.15, -0.1) is 0 Å². The van der Waals surface area contributed by atoms with Crippen molar-refractivity contribution in [3.05, 3.63) is 59.7 Å². The number of nitrogens with one attached hydrogen (secondary N) is 1. The zero-order chi connectivity index (χ0) is 18.0. The molecule has 2 N–H and O–H groups in total. The third-order valence-corrected chi connectivity index (χ3v) is 3.67. The first-order chi connectivity index (χ1) is 12.0. The molecule has 0 aromatic heterocycles. The Labute approximate surface area is 143 Å². The van der Waals surface area contributed by atoms with Crippen LogP contribution in [0.15, 0.2) is 54.1 Å². The zero-order valence-electron chi connectivity index (χ0n) is 13.2. The molecule has 1 aliphatic heterocycles. The number of barbiturate groups is 1. The summed E-state index contributed by atoms with van der Waals surface area (Å²) in [6.45, 7) is 0. The quantitative estimate of drug-likeness (QED) is 0.660. The Morgan fingerprint density at radius 3 is 2.36 bits per heavy atom. The highest BCUT2D eigenvalue weighted by Crippen LogP contribution is 2.25. The molecule has 0 aliphatic carbocycles. The van der Waals surface area contributed by atoms with E-state index in [1.807, 2.05) is 0 Å². The van der Waals surface area contributed by atoms with Crippen LogP contribution in [0.5, 0.6) is 11.5 Å². The summed E-state index contributed by atoms with van der Waals surface area (Å²) in [4.78, 5) is 37.7. The van der Waals surface area contributed by atoms with Gasteiger partial charge in [0, 0.05) is 5.56 Å². The van der Waals surface area contributed by atoms with Gasteiger partial charge in [0.05, 0.1) is 12.8 Å². The van der Waals surface area contributed by atoms with Crippen LogP contribution in [0.2, 0.25) is 0 Å². The van der Waals surface area contributed by atoms with Crippen LogP contribution in [0, 0.1) is 0 Å². The maximum atomic E-state index is 12.7. The first-order valence-corrected chi connectivity index (χ1v) is 7.35. The van der Waals surface area contributed by atoms with E-state index < -0.39 is 17.8 Å². The molecule has 1 fully saturated rings. The Kier molecular flexibility index (Phi) is 4.21. The van der Waals surface area contributed by atoms with Crippen molar-refractivity contribution >= 4 is 29.6 Å². The van der Waals surface area contributed by atoms with Crippen LogP contribution >= 0.6 is 0 Å². The van der Waals surface area contributed by atoms with Gasteiger partial charge in [-0.3, -0.25) is 14.9 Å². The number of urea groups is 1. The predicted molar refractivity (Wildman–Crippen MR) is 90.1 cm³/mol. The maximum absolute atomic E-state index is 12.7. The lowest BCUT2D eigenvalue weighted by atomic mass is 10.1.